The SMILES string of the molecule is CN(Cc1cccc(Cl)c1)C(=O)C1=NN(c2ccc(F)cc2)[C@@H](C(N)=O)C1. The van der Waals surface area contributed by atoms with Crippen molar-refractivity contribution >= 4 is 34.8 Å². The molecule has 0 bridgehead atoms. The van der Waals surface area contributed by atoms with E-state index < -0.39 is 17.8 Å². The zero-order valence-corrected chi connectivity index (χ0v) is 15.4. The second kappa shape index (κ2) is 7.75. The van der Waals surface area contributed by atoms with Gasteiger partial charge in [-0.2, -0.15) is 5.10 Å². The third-order valence-corrected chi connectivity index (χ3v) is 4.47. The number of hydrogen-bond donors (Lipinski definition) is 1. The standard InChI is InChI=1S/C19H18ClFN4O2/c1-24(11-12-3-2-4-13(20)9-12)19(27)16-10-17(18(22)26)25(23-16)15-7-5-14(21)6-8-15/h2-9,17H,10-11H2,1H3,(H2,22,26)/t17-/m1/s1. The Labute approximate surface area is 161 Å². The molecule has 0 aliphatic carbocycles. The number of hydrazone groups is 1. The molecule has 0 spiro atoms. The molecule has 0 aromatic heterocycles. The van der Waals surface area contributed by atoms with E-state index in [2.05, 4.69) is 5.10 Å². The van der Waals surface area contributed by atoms with Gasteiger partial charge in [0, 0.05) is 25.0 Å². The minimum absolute atomic E-state index is 0.0887. The van der Waals surface area contributed by atoms with Crippen LogP contribution in [0.2, 0.25) is 5.02 Å². The number of carbonyl (C=O) groups excluding carboxylic acids is 2. The highest BCUT2D eigenvalue weighted by molar-refractivity contribution is 6.40. The summed E-state index contributed by atoms with van der Waals surface area (Å²) in [5, 5.41) is 6.23. The van der Waals surface area contributed by atoms with E-state index in [1.54, 1.807) is 19.2 Å². The highest BCUT2D eigenvalue weighted by Crippen LogP contribution is 2.25. The smallest absolute Gasteiger partial charge is 0.270 e. The molecule has 2 amide bonds. The van der Waals surface area contributed by atoms with Crippen molar-refractivity contribution in [3.8, 4) is 0 Å². The number of nitrogens with zero attached hydrogens (tertiary/aromatic N) is 3. The summed E-state index contributed by atoms with van der Waals surface area (Å²) in [6, 6.07) is 11.9. The first-order chi connectivity index (χ1) is 12.8. The zero-order valence-electron chi connectivity index (χ0n) is 14.6. The van der Waals surface area contributed by atoms with Gasteiger partial charge in [0.25, 0.3) is 5.91 Å². The molecule has 0 radical (unpaired) electrons. The second-order valence-electron chi connectivity index (χ2n) is 6.28. The molecule has 0 saturated carbocycles. The Kier molecular flexibility index (Phi) is 5.41. The molecule has 1 aliphatic heterocycles. The Balaban J connectivity index is 1.80. The van der Waals surface area contributed by atoms with Crippen LogP contribution in [0.1, 0.15) is 12.0 Å². The molecule has 1 aliphatic rings. The van der Waals surface area contributed by atoms with E-state index in [-0.39, 0.29) is 18.0 Å². The average molecular weight is 389 g/mol. The molecule has 2 aromatic rings. The molecule has 0 fully saturated rings. The van der Waals surface area contributed by atoms with Crippen LogP contribution in [0.5, 0.6) is 0 Å². The lowest BCUT2D eigenvalue weighted by Gasteiger charge is -2.20. The number of carbonyl (C=O) groups is 2. The number of benzene rings is 2. The van der Waals surface area contributed by atoms with Crippen molar-refractivity contribution in [2.75, 3.05) is 12.1 Å². The second-order valence-corrected chi connectivity index (χ2v) is 6.72. The lowest BCUT2D eigenvalue weighted by molar-refractivity contribution is -0.123. The van der Waals surface area contributed by atoms with Crippen molar-refractivity contribution in [3.63, 3.8) is 0 Å². The Morgan fingerprint density at radius 2 is 2.00 bits per heavy atom. The van der Waals surface area contributed by atoms with Crippen molar-refractivity contribution in [2.45, 2.75) is 19.0 Å². The quantitative estimate of drug-likeness (QED) is 0.854. The number of hydrogen-bond acceptors (Lipinski definition) is 4. The Hall–Kier alpha value is -2.93. The first kappa shape index (κ1) is 18.8. The number of nitrogens with two attached hydrogens (primary N) is 1. The number of halogens is 2. The first-order valence-electron chi connectivity index (χ1n) is 8.26. The lowest BCUT2D eigenvalue weighted by Crippen LogP contribution is -2.40. The number of amides is 2. The van der Waals surface area contributed by atoms with E-state index in [0.29, 0.717) is 17.3 Å². The Bertz CT molecular complexity index is 901. The van der Waals surface area contributed by atoms with Crippen molar-refractivity contribution in [1.82, 2.24) is 4.90 Å². The Morgan fingerprint density at radius 1 is 1.30 bits per heavy atom. The van der Waals surface area contributed by atoms with Crippen LogP contribution in [0.25, 0.3) is 0 Å². The van der Waals surface area contributed by atoms with Crippen molar-refractivity contribution in [1.29, 1.82) is 0 Å². The summed E-state index contributed by atoms with van der Waals surface area (Å²) in [7, 11) is 1.64. The van der Waals surface area contributed by atoms with Gasteiger partial charge in [-0.05, 0) is 42.0 Å². The van der Waals surface area contributed by atoms with Crippen LogP contribution < -0.4 is 10.7 Å². The van der Waals surface area contributed by atoms with Gasteiger partial charge in [0.15, 0.2) is 0 Å². The maximum Gasteiger partial charge on any atom is 0.270 e. The van der Waals surface area contributed by atoms with E-state index >= 15 is 0 Å². The minimum Gasteiger partial charge on any atom is -0.368 e. The summed E-state index contributed by atoms with van der Waals surface area (Å²) in [5.41, 5.74) is 7.04. The van der Waals surface area contributed by atoms with Gasteiger partial charge in [0.2, 0.25) is 5.91 Å². The molecule has 3 rings (SSSR count). The highest BCUT2D eigenvalue weighted by atomic mass is 35.5. The molecule has 1 heterocycles. The summed E-state index contributed by atoms with van der Waals surface area (Å²) in [6.45, 7) is 0.343. The van der Waals surface area contributed by atoms with Crippen molar-refractivity contribution in [3.05, 3.63) is 64.9 Å². The molecule has 0 unspecified atom stereocenters. The van der Waals surface area contributed by atoms with E-state index in [1.807, 2.05) is 12.1 Å². The van der Waals surface area contributed by atoms with Gasteiger partial charge in [-0.15, -0.1) is 0 Å². The normalized spacial score (nSPS) is 16.2. The van der Waals surface area contributed by atoms with Crippen LogP contribution in [0.3, 0.4) is 0 Å². The van der Waals surface area contributed by atoms with Gasteiger partial charge in [-0.3, -0.25) is 14.6 Å². The van der Waals surface area contributed by atoms with E-state index in [1.165, 1.54) is 34.2 Å². The van der Waals surface area contributed by atoms with Gasteiger partial charge in [0.1, 0.15) is 17.6 Å². The molecule has 8 heteroatoms. The van der Waals surface area contributed by atoms with Crippen LogP contribution in [-0.2, 0) is 16.1 Å². The van der Waals surface area contributed by atoms with E-state index in [0.717, 1.165) is 5.56 Å². The van der Waals surface area contributed by atoms with Crippen molar-refractivity contribution in [2.24, 2.45) is 10.8 Å². The third kappa shape index (κ3) is 4.25. The highest BCUT2D eigenvalue weighted by Gasteiger charge is 2.35. The van der Waals surface area contributed by atoms with Crippen LogP contribution in [-0.4, -0.2) is 35.5 Å². The van der Waals surface area contributed by atoms with Gasteiger partial charge in [0.05, 0.1) is 5.69 Å². The third-order valence-electron chi connectivity index (χ3n) is 4.23. The Morgan fingerprint density at radius 3 is 2.63 bits per heavy atom. The van der Waals surface area contributed by atoms with E-state index in [4.69, 9.17) is 17.3 Å². The molecule has 27 heavy (non-hydrogen) atoms. The van der Waals surface area contributed by atoms with Crippen LogP contribution in [0, 0.1) is 5.82 Å². The maximum absolute atomic E-state index is 13.2. The fourth-order valence-corrected chi connectivity index (χ4v) is 3.11. The molecule has 140 valence electrons. The minimum atomic E-state index is -0.797. The summed E-state index contributed by atoms with van der Waals surface area (Å²) < 4.78 is 13.2. The first-order valence-corrected chi connectivity index (χ1v) is 8.64. The summed E-state index contributed by atoms with van der Waals surface area (Å²) in [4.78, 5) is 26.1. The zero-order chi connectivity index (χ0) is 19.6. The number of anilines is 1. The number of primary amides is 1. The fourth-order valence-electron chi connectivity index (χ4n) is 2.89. The topological polar surface area (TPSA) is 79.0 Å². The van der Waals surface area contributed by atoms with Crippen LogP contribution in [0.15, 0.2) is 53.6 Å². The summed E-state index contributed by atoms with van der Waals surface area (Å²) in [6.07, 6.45) is 0.0887. The van der Waals surface area contributed by atoms with Crippen LogP contribution in [0.4, 0.5) is 10.1 Å². The predicted molar refractivity (Wildman–Crippen MR) is 102 cm³/mol. The van der Waals surface area contributed by atoms with Gasteiger partial charge < -0.3 is 10.6 Å². The van der Waals surface area contributed by atoms with Gasteiger partial charge in [-0.25, -0.2) is 4.39 Å². The molecule has 2 aromatic carbocycles. The maximum atomic E-state index is 13.2. The number of rotatable bonds is 5. The van der Waals surface area contributed by atoms with Gasteiger partial charge >= 0.3 is 0 Å². The van der Waals surface area contributed by atoms with E-state index in [9.17, 15) is 14.0 Å². The van der Waals surface area contributed by atoms with Crippen molar-refractivity contribution < 1.29 is 14.0 Å². The largest absolute Gasteiger partial charge is 0.368 e. The molecule has 2 N–H and O–H groups in total. The lowest BCUT2D eigenvalue weighted by atomic mass is 10.1. The molecule has 1 atom stereocenters. The summed E-state index contributed by atoms with van der Waals surface area (Å²) >= 11 is 5.98. The summed E-state index contributed by atoms with van der Waals surface area (Å²) in [5.74, 6) is -1.33. The van der Waals surface area contributed by atoms with Crippen LogP contribution >= 0.6 is 11.6 Å². The molecular formula is C19H18ClFN4O2. The average Bonchev–Trinajstić information content (AvgIpc) is 3.07. The molecular weight excluding hydrogens is 371 g/mol. The monoisotopic (exact) mass is 388 g/mol. The van der Waals surface area contributed by atoms with Gasteiger partial charge in [-0.1, -0.05) is 23.7 Å². The molecule has 6 nitrogen and oxygen atoms in total. The molecule has 0 saturated heterocycles. The predicted octanol–water partition coefficient (Wildman–Crippen LogP) is 2.56. The fraction of sp³-hybridized carbons (Fsp3) is 0.211.